The molecule has 2 aromatic carbocycles. The van der Waals surface area contributed by atoms with Gasteiger partial charge < -0.3 is 5.32 Å². The maximum atomic E-state index is 14.0. The van der Waals surface area contributed by atoms with Gasteiger partial charge >= 0.3 is 0 Å². The maximum absolute atomic E-state index is 14.0. The molecule has 0 unspecified atom stereocenters. The molecule has 0 saturated heterocycles. The zero-order valence-corrected chi connectivity index (χ0v) is 16.6. The van der Waals surface area contributed by atoms with Crippen molar-refractivity contribution in [2.24, 2.45) is 0 Å². The van der Waals surface area contributed by atoms with Crippen molar-refractivity contribution in [3.05, 3.63) is 65.5 Å². The Morgan fingerprint density at radius 2 is 1.81 bits per heavy atom. The minimum atomic E-state index is -3.43. The molecule has 0 atom stereocenters. The van der Waals surface area contributed by atoms with E-state index in [2.05, 4.69) is 10.0 Å². The summed E-state index contributed by atoms with van der Waals surface area (Å²) in [5.41, 5.74) is 0.591. The Balaban J connectivity index is 2.08. The number of hydrogen-bond acceptors (Lipinski definition) is 3. The topological polar surface area (TPSA) is 75.3 Å². The third-order valence-electron chi connectivity index (χ3n) is 4.16. The first-order valence-electron chi connectivity index (χ1n) is 8.78. The maximum Gasteiger partial charge on any atom is 0.251 e. The summed E-state index contributed by atoms with van der Waals surface area (Å²) in [6.07, 6.45) is 0.501. The molecular formula is C20H25FN2O3S. The third kappa shape index (κ3) is 5.79. The first kappa shape index (κ1) is 20.9. The molecule has 0 heterocycles. The predicted molar refractivity (Wildman–Crippen MR) is 106 cm³/mol. The summed E-state index contributed by atoms with van der Waals surface area (Å²) in [6, 6.07) is 12.8. The molecule has 1 amide bonds. The van der Waals surface area contributed by atoms with E-state index in [0.29, 0.717) is 23.2 Å². The third-order valence-corrected chi connectivity index (χ3v) is 5.66. The summed E-state index contributed by atoms with van der Waals surface area (Å²) in [6.45, 7) is 5.71. The number of amides is 1. The molecule has 0 radical (unpaired) electrons. The molecule has 2 rings (SSSR count). The van der Waals surface area contributed by atoms with Crippen molar-refractivity contribution in [1.82, 2.24) is 5.32 Å². The van der Waals surface area contributed by atoms with Crippen molar-refractivity contribution >= 4 is 21.6 Å². The number of halogens is 1. The second-order valence-corrected chi connectivity index (χ2v) is 8.89. The average molecular weight is 392 g/mol. The summed E-state index contributed by atoms with van der Waals surface area (Å²) >= 11 is 0. The first-order valence-corrected chi connectivity index (χ1v) is 10.4. The lowest BCUT2D eigenvalue weighted by molar-refractivity contribution is 0.0945. The molecule has 0 bridgehead atoms. The lowest BCUT2D eigenvalue weighted by Gasteiger charge is -2.26. The molecule has 5 nitrogen and oxygen atoms in total. The fourth-order valence-electron chi connectivity index (χ4n) is 2.73. The lowest BCUT2D eigenvalue weighted by Crippen LogP contribution is -2.37. The zero-order valence-electron chi connectivity index (χ0n) is 15.8. The minimum Gasteiger partial charge on any atom is -0.351 e. The molecule has 2 aromatic rings. The Bertz CT molecular complexity index is 911. The number of carbonyl (C=O) groups excluding carboxylic acids is 1. The monoisotopic (exact) mass is 392 g/mol. The number of sulfonamides is 1. The van der Waals surface area contributed by atoms with Crippen LogP contribution < -0.4 is 10.0 Å². The van der Waals surface area contributed by atoms with Crippen LogP contribution in [-0.2, 0) is 15.4 Å². The van der Waals surface area contributed by atoms with Crippen molar-refractivity contribution in [3.63, 3.8) is 0 Å². The standard InChI is InChI=1S/C20H25FN2O3S/c1-4-12-27(25,26)23-16-9-7-8-15(13-16)19(24)22-14-20(2,3)17-10-5-6-11-18(17)21/h5-11,13,23H,4,12,14H2,1-3H3,(H,22,24). The van der Waals surface area contributed by atoms with E-state index in [4.69, 9.17) is 0 Å². The Kier molecular flexibility index (Phi) is 6.59. The number of anilines is 1. The van der Waals surface area contributed by atoms with Crippen molar-refractivity contribution in [2.45, 2.75) is 32.6 Å². The molecule has 0 aromatic heterocycles. The van der Waals surface area contributed by atoms with Crippen molar-refractivity contribution in [1.29, 1.82) is 0 Å². The molecule has 7 heteroatoms. The molecule has 0 fully saturated rings. The van der Waals surface area contributed by atoms with E-state index < -0.39 is 15.4 Å². The molecular weight excluding hydrogens is 367 g/mol. The normalized spacial score (nSPS) is 11.9. The van der Waals surface area contributed by atoms with Gasteiger partial charge in [-0.25, -0.2) is 12.8 Å². The lowest BCUT2D eigenvalue weighted by atomic mass is 9.84. The number of rotatable bonds is 8. The number of benzene rings is 2. The van der Waals surface area contributed by atoms with Gasteiger partial charge in [0.25, 0.3) is 5.91 Å². The Morgan fingerprint density at radius 3 is 2.48 bits per heavy atom. The molecule has 2 N–H and O–H groups in total. The van der Waals surface area contributed by atoms with Crippen LogP contribution in [-0.4, -0.2) is 26.6 Å². The summed E-state index contributed by atoms with van der Waals surface area (Å²) in [5.74, 6) is -0.652. The number of nitrogens with one attached hydrogen (secondary N) is 2. The average Bonchev–Trinajstić information content (AvgIpc) is 2.59. The minimum absolute atomic E-state index is 0.0141. The highest BCUT2D eigenvalue weighted by molar-refractivity contribution is 7.92. The van der Waals surface area contributed by atoms with Gasteiger partial charge in [-0.15, -0.1) is 0 Å². The van der Waals surface area contributed by atoms with Crippen LogP contribution in [0.25, 0.3) is 0 Å². The van der Waals surface area contributed by atoms with Crippen molar-refractivity contribution < 1.29 is 17.6 Å². The smallest absolute Gasteiger partial charge is 0.251 e. The van der Waals surface area contributed by atoms with E-state index in [1.807, 2.05) is 13.8 Å². The van der Waals surface area contributed by atoms with Gasteiger partial charge in [-0.2, -0.15) is 0 Å². The molecule has 0 aliphatic carbocycles. The molecule has 0 spiro atoms. The van der Waals surface area contributed by atoms with Gasteiger partial charge in [0.05, 0.1) is 5.75 Å². The summed E-state index contributed by atoms with van der Waals surface area (Å²) in [5, 5.41) is 2.80. The molecule has 0 aliphatic heterocycles. The second kappa shape index (κ2) is 8.52. The Hall–Kier alpha value is -2.41. The van der Waals surface area contributed by atoms with E-state index in [1.165, 1.54) is 12.1 Å². The van der Waals surface area contributed by atoms with Crippen LogP contribution in [0.5, 0.6) is 0 Å². The fourth-order valence-corrected chi connectivity index (χ4v) is 3.86. The van der Waals surface area contributed by atoms with Crippen LogP contribution in [0.1, 0.15) is 43.1 Å². The van der Waals surface area contributed by atoms with Gasteiger partial charge in [-0.05, 0) is 36.2 Å². The second-order valence-electron chi connectivity index (χ2n) is 7.05. The zero-order chi connectivity index (χ0) is 20.1. The van der Waals surface area contributed by atoms with Crippen LogP contribution in [0, 0.1) is 5.82 Å². The summed E-state index contributed by atoms with van der Waals surface area (Å²) in [4.78, 5) is 12.5. The largest absolute Gasteiger partial charge is 0.351 e. The highest BCUT2D eigenvalue weighted by atomic mass is 32.2. The highest BCUT2D eigenvalue weighted by Crippen LogP contribution is 2.25. The SMILES string of the molecule is CCCS(=O)(=O)Nc1cccc(C(=O)NCC(C)(C)c2ccccc2F)c1. The van der Waals surface area contributed by atoms with E-state index in [0.717, 1.165) is 0 Å². The van der Waals surface area contributed by atoms with E-state index >= 15 is 0 Å². The van der Waals surface area contributed by atoms with Crippen LogP contribution in [0.15, 0.2) is 48.5 Å². The van der Waals surface area contributed by atoms with Crippen LogP contribution in [0.3, 0.4) is 0 Å². The predicted octanol–water partition coefficient (Wildman–Crippen LogP) is 3.69. The quantitative estimate of drug-likeness (QED) is 0.719. The van der Waals surface area contributed by atoms with Gasteiger partial charge in [-0.3, -0.25) is 9.52 Å². The van der Waals surface area contributed by atoms with Gasteiger partial charge in [0, 0.05) is 23.2 Å². The van der Waals surface area contributed by atoms with Gasteiger partial charge in [0.2, 0.25) is 10.0 Å². The van der Waals surface area contributed by atoms with Gasteiger partial charge in [0.15, 0.2) is 0 Å². The molecule has 27 heavy (non-hydrogen) atoms. The number of carbonyl (C=O) groups is 1. The van der Waals surface area contributed by atoms with E-state index in [-0.39, 0.29) is 24.0 Å². The Morgan fingerprint density at radius 1 is 1.11 bits per heavy atom. The molecule has 0 aliphatic rings. The van der Waals surface area contributed by atoms with Crippen LogP contribution >= 0.6 is 0 Å². The van der Waals surface area contributed by atoms with Gasteiger partial charge in [0.1, 0.15) is 5.82 Å². The Labute approximate surface area is 160 Å². The summed E-state index contributed by atoms with van der Waals surface area (Å²) in [7, 11) is -3.43. The van der Waals surface area contributed by atoms with Crippen LogP contribution in [0.2, 0.25) is 0 Å². The van der Waals surface area contributed by atoms with E-state index in [1.54, 1.807) is 43.3 Å². The first-order chi connectivity index (χ1) is 12.6. The number of hydrogen-bond donors (Lipinski definition) is 2. The van der Waals surface area contributed by atoms with E-state index in [9.17, 15) is 17.6 Å². The summed E-state index contributed by atoms with van der Waals surface area (Å²) < 4.78 is 40.3. The highest BCUT2D eigenvalue weighted by Gasteiger charge is 2.24. The molecule has 0 saturated carbocycles. The molecule has 146 valence electrons. The van der Waals surface area contributed by atoms with Gasteiger partial charge in [-0.1, -0.05) is 45.0 Å². The van der Waals surface area contributed by atoms with Crippen LogP contribution in [0.4, 0.5) is 10.1 Å². The van der Waals surface area contributed by atoms with Crippen molar-refractivity contribution in [2.75, 3.05) is 17.0 Å². The van der Waals surface area contributed by atoms with Crippen molar-refractivity contribution in [3.8, 4) is 0 Å². The fraction of sp³-hybridized carbons (Fsp3) is 0.350.